The Morgan fingerprint density at radius 2 is 2.16 bits per heavy atom. The fraction of sp³-hybridized carbons (Fsp3) is 0.500. The van der Waals surface area contributed by atoms with Crippen molar-refractivity contribution in [2.24, 2.45) is 5.73 Å². The van der Waals surface area contributed by atoms with E-state index in [2.05, 4.69) is 0 Å². The van der Waals surface area contributed by atoms with Crippen molar-refractivity contribution in [3.05, 3.63) is 35.4 Å². The molecule has 0 aromatic heterocycles. The Morgan fingerprint density at radius 1 is 1.42 bits per heavy atom. The molecule has 1 fully saturated rings. The number of likely N-dealkylation sites (N-methyl/N-ethyl adjacent to an activating group) is 1. The SMILES string of the molecule is CCN1C(=O)CCCC(N)C1c1cc(F)ccc1F. The number of rotatable bonds is 2. The van der Waals surface area contributed by atoms with E-state index in [1.807, 2.05) is 6.92 Å². The summed E-state index contributed by atoms with van der Waals surface area (Å²) in [5, 5.41) is 0. The van der Waals surface area contributed by atoms with Gasteiger partial charge in [-0.05, 0) is 38.0 Å². The fourth-order valence-electron chi connectivity index (χ4n) is 2.69. The predicted molar refractivity (Wildman–Crippen MR) is 68.3 cm³/mol. The Hall–Kier alpha value is -1.49. The van der Waals surface area contributed by atoms with Crippen molar-refractivity contribution in [2.45, 2.75) is 38.3 Å². The Bertz CT molecular complexity index is 479. The van der Waals surface area contributed by atoms with Crippen LogP contribution in [0.4, 0.5) is 8.78 Å². The second-order valence-corrected chi connectivity index (χ2v) is 4.85. The van der Waals surface area contributed by atoms with Crippen LogP contribution in [0.2, 0.25) is 0 Å². The summed E-state index contributed by atoms with van der Waals surface area (Å²) in [6, 6.07) is 2.33. The van der Waals surface area contributed by atoms with Gasteiger partial charge in [-0.3, -0.25) is 4.79 Å². The standard InChI is InChI=1S/C14H18F2N2O/c1-2-18-13(19)5-3-4-12(17)14(18)10-8-9(15)6-7-11(10)16/h6-8,12,14H,2-5,17H2,1H3. The Morgan fingerprint density at radius 3 is 2.84 bits per heavy atom. The largest absolute Gasteiger partial charge is 0.334 e. The molecule has 1 aromatic carbocycles. The highest BCUT2D eigenvalue weighted by atomic mass is 19.1. The third-order valence-electron chi connectivity index (χ3n) is 3.61. The minimum Gasteiger partial charge on any atom is -0.334 e. The van der Waals surface area contributed by atoms with E-state index in [9.17, 15) is 13.6 Å². The van der Waals surface area contributed by atoms with Gasteiger partial charge in [0.15, 0.2) is 0 Å². The topological polar surface area (TPSA) is 46.3 Å². The highest BCUT2D eigenvalue weighted by Gasteiger charge is 2.33. The number of hydrogen-bond acceptors (Lipinski definition) is 2. The minimum absolute atomic E-state index is 0.0517. The molecule has 0 aliphatic carbocycles. The van der Waals surface area contributed by atoms with Gasteiger partial charge in [0.2, 0.25) is 5.91 Å². The average Bonchev–Trinajstić information content (AvgIpc) is 2.51. The minimum atomic E-state index is -0.587. The summed E-state index contributed by atoms with van der Waals surface area (Å²) in [4.78, 5) is 13.6. The summed E-state index contributed by atoms with van der Waals surface area (Å²) in [5.41, 5.74) is 6.25. The van der Waals surface area contributed by atoms with Crippen molar-refractivity contribution in [1.29, 1.82) is 0 Å². The number of amides is 1. The Labute approximate surface area is 111 Å². The lowest BCUT2D eigenvalue weighted by Crippen LogP contribution is -2.42. The molecule has 1 aliphatic heterocycles. The zero-order chi connectivity index (χ0) is 14.0. The van der Waals surface area contributed by atoms with Crippen molar-refractivity contribution >= 4 is 5.91 Å². The van der Waals surface area contributed by atoms with Gasteiger partial charge in [-0.1, -0.05) is 0 Å². The van der Waals surface area contributed by atoms with E-state index in [1.54, 1.807) is 4.90 Å². The number of hydrogen-bond donors (Lipinski definition) is 1. The molecule has 1 aromatic rings. The Balaban J connectivity index is 2.47. The number of nitrogens with zero attached hydrogens (tertiary/aromatic N) is 1. The van der Waals surface area contributed by atoms with E-state index in [0.29, 0.717) is 25.8 Å². The molecule has 2 unspecified atom stereocenters. The number of carbonyl (C=O) groups excluding carboxylic acids is 1. The molecule has 1 heterocycles. The number of halogens is 2. The molecule has 19 heavy (non-hydrogen) atoms. The van der Waals surface area contributed by atoms with Crippen LogP contribution in [-0.2, 0) is 4.79 Å². The lowest BCUT2D eigenvalue weighted by Gasteiger charge is -2.33. The molecule has 1 amide bonds. The van der Waals surface area contributed by atoms with Crippen molar-refractivity contribution in [2.75, 3.05) is 6.54 Å². The van der Waals surface area contributed by atoms with Gasteiger partial charge in [0.05, 0.1) is 6.04 Å². The predicted octanol–water partition coefficient (Wildman–Crippen LogP) is 2.37. The molecule has 1 saturated heterocycles. The van der Waals surface area contributed by atoms with E-state index in [1.165, 1.54) is 0 Å². The van der Waals surface area contributed by atoms with Crippen LogP contribution < -0.4 is 5.73 Å². The van der Waals surface area contributed by atoms with Gasteiger partial charge < -0.3 is 10.6 Å². The van der Waals surface area contributed by atoms with Crippen LogP contribution in [0.3, 0.4) is 0 Å². The number of nitrogens with two attached hydrogens (primary N) is 1. The molecule has 2 N–H and O–H groups in total. The molecule has 0 radical (unpaired) electrons. The first-order valence-corrected chi connectivity index (χ1v) is 6.54. The second kappa shape index (κ2) is 5.65. The molecule has 2 rings (SSSR count). The van der Waals surface area contributed by atoms with Crippen LogP contribution in [0, 0.1) is 11.6 Å². The average molecular weight is 268 g/mol. The molecule has 0 bridgehead atoms. The van der Waals surface area contributed by atoms with Gasteiger partial charge >= 0.3 is 0 Å². The van der Waals surface area contributed by atoms with E-state index >= 15 is 0 Å². The van der Waals surface area contributed by atoms with Gasteiger partial charge in [0, 0.05) is 24.6 Å². The van der Waals surface area contributed by atoms with Gasteiger partial charge in [0.1, 0.15) is 11.6 Å². The maximum atomic E-state index is 13.9. The van der Waals surface area contributed by atoms with Crippen LogP contribution in [0.1, 0.15) is 37.8 Å². The monoisotopic (exact) mass is 268 g/mol. The van der Waals surface area contributed by atoms with E-state index in [4.69, 9.17) is 5.73 Å². The molecule has 5 heteroatoms. The number of benzene rings is 1. The quantitative estimate of drug-likeness (QED) is 0.895. The fourth-order valence-corrected chi connectivity index (χ4v) is 2.69. The van der Waals surface area contributed by atoms with Gasteiger partial charge in [-0.15, -0.1) is 0 Å². The summed E-state index contributed by atoms with van der Waals surface area (Å²) >= 11 is 0. The zero-order valence-electron chi connectivity index (χ0n) is 10.9. The number of likely N-dealkylation sites (tertiary alicyclic amines) is 1. The molecular formula is C14H18F2N2O. The highest BCUT2D eigenvalue weighted by Crippen LogP contribution is 2.31. The molecular weight excluding hydrogens is 250 g/mol. The lowest BCUT2D eigenvalue weighted by molar-refractivity contribution is -0.133. The highest BCUT2D eigenvalue weighted by molar-refractivity contribution is 5.77. The van der Waals surface area contributed by atoms with Crippen LogP contribution in [0.5, 0.6) is 0 Å². The normalized spacial score (nSPS) is 24.4. The Kier molecular flexibility index (Phi) is 4.14. The van der Waals surface area contributed by atoms with Crippen molar-refractivity contribution in [1.82, 2.24) is 4.90 Å². The van der Waals surface area contributed by atoms with Crippen LogP contribution >= 0.6 is 0 Å². The zero-order valence-corrected chi connectivity index (χ0v) is 10.9. The van der Waals surface area contributed by atoms with Crippen molar-refractivity contribution < 1.29 is 13.6 Å². The summed E-state index contributed by atoms with van der Waals surface area (Å²) in [6.45, 7) is 2.26. The molecule has 0 saturated carbocycles. The van der Waals surface area contributed by atoms with E-state index in [0.717, 1.165) is 18.2 Å². The third kappa shape index (κ3) is 2.76. The third-order valence-corrected chi connectivity index (χ3v) is 3.61. The van der Waals surface area contributed by atoms with E-state index in [-0.39, 0.29) is 17.5 Å². The van der Waals surface area contributed by atoms with Crippen LogP contribution in [0.25, 0.3) is 0 Å². The van der Waals surface area contributed by atoms with Gasteiger partial charge in [-0.2, -0.15) is 0 Å². The molecule has 3 nitrogen and oxygen atoms in total. The van der Waals surface area contributed by atoms with Gasteiger partial charge in [0.25, 0.3) is 0 Å². The maximum Gasteiger partial charge on any atom is 0.223 e. The number of carbonyl (C=O) groups is 1. The maximum absolute atomic E-state index is 13.9. The smallest absolute Gasteiger partial charge is 0.223 e. The first kappa shape index (κ1) is 13.9. The lowest BCUT2D eigenvalue weighted by atomic mass is 9.95. The van der Waals surface area contributed by atoms with E-state index < -0.39 is 17.7 Å². The molecule has 1 aliphatic rings. The molecule has 104 valence electrons. The summed E-state index contributed by atoms with van der Waals surface area (Å²) in [6.07, 6.45) is 1.72. The van der Waals surface area contributed by atoms with Crippen molar-refractivity contribution in [3.63, 3.8) is 0 Å². The first-order chi connectivity index (χ1) is 9.04. The van der Waals surface area contributed by atoms with Crippen LogP contribution in [0.15, 0.2) is 18.2 Å². The molecule has 2 atom stereocenters. The summed E-state index contributed by atoms with van der Waals surface area (Å²) < 4.78 is 27.3. The summed E-state index contributed by atoms with van der Waals surface area (Å²) in [7, 11) is 0. The summed E-state index contributed by atoms with van der Waals surface area (Å²) in [5.74, 6) is -1.09. The first-order valence-electron chi connectivity index (χ1n) is 6.54. The molecule has 0 spiro atoms. The second-order valence-electron chi connectivity index (χ2n) is 4.85. The van der Waals surface area contributed by atoms with Crippen LogP contribution in [-0.4, -0.2) is 23.4 Å². The van der Waals surface area contributed by atoms with Crippen molar-refractivity contribution in [3.8, 4) is 0 Å². The van der Waals surface area contributed by atoms with Gasteiger partial charge in [-0.25, -0.2) is 8.78 Å².